The summed E-state index contributed by atoms with van der Waals surface area (Å²) in [5.74, 6) is 0. The van der Waals surface area contributed by atoms with Crippen LogP contribution in [0, 0.1) is 0 Å². The fourth-order valence-corrected chi connectivity index (χ4v) is 0.747. The summed E-state index contributed by atoms with van der Waals surface area (Å²) in [6.07, 6.45) is -0.468. The number of aliphatic hydroxyl groups excluding tert-OH is 2. The predicted molar refractivity (Wildman–Crippen MR) is 36.2 cm³/mol. The lowest BCUT2D eigenvalue weighted by Crippen LogP contribution is -2.40. The summed E-state index contributed by atoms with van der Waals surface area (Å²) in [5.41, 5.74) is 0. The SMILES string of the molecule is CC(O)C(CO)N(C)C. The molecule has 0 saturated heterocycles. The second-order valence-corrected chi connectivity index (χ2v) is 2.45. The van der Waals surface area contributed by atoms with E-state index in [-0.39, 0.29) is 12.6 Å². The van der Waals surface area contributed by atoms with Crippen LogP contribution in [0.4, 0.5) is 0 Å². The average Bonchev–Trinajstić information content (AvgIpc) is 1.64. The van der Waals surface area contributed by atoms with Gasteiger partial charge >= 0.3 is 0 Å². The smallest absolute Gasteiger partial charge is 0.0689 e. The lowest BCUT2D eigenvalue weighted by molar-refractivity contribution is 0.0512. The Balaban J connectivity index is 3.68. The number of rotatable bonds is 3. The minimum Gasteiger partial charge on any atom is -0.395 e. The quantitative estimate of drug-likeness (QED) is 0.534. The third-order valence-corrected chi connectivity index (χ3v) is 1.41. The zero-order valence-electron chi connectivity index (χ0n) is 6.20. The molecule has 0 rings (SSSR count). The van der Waals surface area contributed by atoms with Crippen molar-refractivity contribution >= 4 is 0 Å². The van der Waals surface area contributed by atoms with E-state index in [2.05, 4.69) is 0 Å². The highest BCUT2D eigenvalue weighted by Gasteiger charge is 2.14. The number of likely N-dealkylation sites (N-methyl/N-ethyl adjacent to an activating group) is 1. The van der Waals surface area contributed by atoms with Crippen molar-refractivity contribution in [3.8, 4) is 0 Å². The van der Waals surface area contributed by atoms with Crippen LogP contribution < -0.4 is 0 Å². The second kappa shape index (κ2) is 3.82. The van der Waals surface area contributed by atoms with Crippen LogP contribution in [0.3, 0.4) is 0 Å². The first-order valence-corrected chi connectivity index (χ1v) is 3.05. The van der Waals surface area contributed by atoms with Gasteiger partial charge in [0, 0.05) is 0 Å². The van der Waals surface area contributed by atoms with Gasteiger partial charge in [-0.2, -0.15) is 0 Å². The molecule has 0 radical (unpaired) electrons. The second-order valence-electron chi connectivity index (χ2n) is 2.45. The average molecular weight is 133 g/mol. The van der Waals surface area contributed by atoms with Gasteiger partial charge in [0.1, 0.15) is 0 Å². The van der Waals surface area contributed by atoms with Gasteiger partial charge in [-0.1, -0.05) is 0 Å². The van der Waals surface area contributed by atoms with Gasteiger partial charge < -0.3 is 15.1 Å². The molecule has 0 aromatic heterocycles. The molecule has 0 aliphatic heterocycles. The molecule has 0 saturated carbocycles. The number of hydrogen-bond acceptors (Lipinski definition) is 3. The van der Waals surface area contributed by atoms with E-state index in [1.165, 1.54) is 0 Å². The Kier molecular flexibility index (Phi) is 3.77. The fourth-order valence-electron chi connectivity index (χ4n) is 0.747. The van der Waals surface area contributed by atoms with Gasteiger partial charge in [-0.25, -0.2) is 0 Å². The monoisotopic (exact) mass is 133 g/mol. The Labute approximate surface area is 55.9 Å². The van der Waals surface area contributed by atoms with Crippen molar-refractivity contribution in [2.24, 2.45) is 0 Å². The minimum absolute atomic E-state index is 0.00463. The Morgan fingerprint density at radius 3 is 1.89 bits per heavy atom. The van der Waals surface area contributed by atoms with E-state index >= 15 is 0 Å². The maximum Gasteiger partial charge on any atom is 0.0689 e. The minimum atomic E-state index is -0.468. The zero-order chi connectivity index (χ0) is 7.44. The molecule has 0 aromatic carbocycles. The molecule has 0 fully saturated rings. The van der Waals surface area contributed by atoms with Crippen molar-refractivity contribution < 1.29 is 10.2 Å². The summed E-state index contributed by atoms with van der Waals surface area (Å²) in [5, 5.41) is 17.6. The first kappa shape index (κ1) is 8.88. The van der Waals surface area contributed by atoms with E-state index in [0.29, 0.717) is 0 Å². The van der Waals surface area contributed by atoms with Gasteiger partial charge in [-0.05, 0) is 21.0 Å². The van der Waals surface area contributed by atoms with Crippen LogP contribution in [0.2, 0.25) is 0 Å². The molecule has 9 heavy (non-hydrogen) atoms. The molecule has 3 heteroatoms. The molecule has 0 spiro atoms. The normalized spacial score (nSPS) is 18.0. The zero-order valence-corrected chi connectivity index (χ0v) is 6.20. The van der Waals surface area contributed by atoms with Gasteiger partial charge in [0.05, 0.1) is 18.8 Å². The number of nitrogens with zero attached hydrogens (tertiary/aromatic N) is 1. The summed E-state index contributed by atoms with van der Waals surface area (Å²) in [6, 6.07) is -0.134. The molecule has 0 amide bonds. The summed E-state index contributed by atoms with van der Waals surface area (Å²) in [7, 11) is 3.65. The number of hydrogen-bond donors (Lipinski definition) is 2. The van der Waals surface area contributed by atoms with Crippen LogP contribution in [0.5, 0.6) is 0 Å². The molecule has 2 unspecified atom stereocenters. The summed E-state index contributed by atoms with van der Waals surface area (Å²) in [4.78, 5) is 1.80. The van der Waals surface area contributed by atoms with Gasteiger partial charge in [-0.3, -0.25) is 0 Å². The Hall–Kier alpha value is -0.120. The van der Waals surface area contributed by atoms with Gasteiger partial charge in [-0.15, -0.1) is 0 Å². The van der Waals surface area contributed by atoms with E-state index in [1.54, 1.807) is 11.8 Å². The predicted octanol–water partition coefficient (Wildman–Crippen LogP) is -0.710. The molecular weight excluding hydrogens is 118 g/mol. The van der Waals surface area contributed by atoms with Crippen molar-refractivity contribution in [2.45, 2.75) is 19.1 Å². The third-order valence-electron chi connectivity index (χ3n) is 1.41. The molecule has 3 nitrogen and oxygen atoms in total. The lowest BCUT2D eigenvalue weighted by Gasteiger charge is -2.24. The maximum atomic E-state index is 8.98. The van der Waals surface area contributed by atoms with Crippen molar-refractivity contribution in [3.05, 3.63) is 0 Å². The summed E-state index contributed by atoms with van der Waals surface area (Å²) < 4.78 is 0. The van der Waals surface area contributed by atoms with E-state index in [9.17, 15) is 0 Å². The molecule has 0 bridgehead atoms. The Bertz CT molecular complexity index is 65.5. The van der Waals surface area contributed by atoms with E-state index in [4.69, 9.17) is 10.2 Å². The van der Waals surface area contributed by atoms with Crippen molar-refractivity contribution in [1.82, 2.24) is 4.90 Å². The van der Waals surface area contributed by atoms with Crippen molar-refractivity contribution in [3.63, 3.8) is 0 Å². The molecule has 0 aliphatic rings. The van der Waals surface area contributed by atoms with Crippen molar-refractivity contribution in [2.75, 3.05) is 20.7 Å². The van der Waals surface area contributed by atoms with Crippen molar-refractivity contribution in [1.29, 1.82) is 0 Å². The Morgan fingerprint density at radius 2 is 1.89 bits per heavy atom. The molecule has 2 atom stereocenters. The summed E-state index contributed by atoms with van der Waals surface area (Å²) >= 11 is 0. The molecule has 0 aliphatic carbocycles. The third kappa shape index (κ3) is 2.79. The van der Waals surface area contributed by atoms with Crippen LogP contribution >= 0.6 is 0 Å². The summed E-state index contributed by atoms with van der Waals surface area (Å²) in [6.45, 7) is 1.67. The standard InChI is InChI=1S/C6H15NO2/c1-5(9)6(4-8)7(2)3/h5-6,8-9H,4H2,1-3H3. The van der Waals surface area contributed by atoms with E-state index < -0.39 is 6.10 Å². The van der Waals surface area contributed by atoms with Gasteiger partial charge in [0.15, 0.2) is 0 Å². The van der Waals surface area contributed by atoms with E-state index in [1.807, 2.05) is 14.1 Å². The molecular formula is C6H15NO2. The molecule has 0 heterocycles. The largest absolute Gasteiger partial charge is 0.395 e. The topological polar surface area (TPSA) is 43.7 Å². The van der Waals surface area contributed by atoms with Gasteiger partial charge in [0.25, 0.3) is 0 Å². The van der Waals surface area contributed by atoms with Gasteiger partial charge in [0.2, 0.25) is 0 Å². The molecule has 2 N–H and O–H groups in total. The highest BCUT2D eigenvalue weighted by molar-refractivity contribution is 4.69. The van der Waals surface area contributed by atoms with Crippen LogP contribution in [0.1, 0.15) is 6.92 Å². The van der Waals surface area contributed by atoms with Crippen LogP contribution in [0.15, 0.2) is 0 Å². The first-order valence-electron chi connectivity index (χ1n) is 3.05. The molecule has 56 valence electrons. The fraction of sp³-hybridized carbons (Fsp3) is 1.00. The first-order chi connectivity index (χ1) is 4.09. The van der Waals surface area contributed by atoms with E-state index in [0.717, 1.165) is 0 Å². The van der Waals surface area contributed by atoms with Crippen LogP contribution in [-0.4, -0.2) is 48.0 Å². The highest BCUT2D eigenvalue weighted by atomic mass is 16.3. The van der Waals surface area contributed by atoms with Crippen LogP contribution in [-0.2, 0) is 0 Å². The lowest BCUT2D eigenvalue weighted by atomic mass is 10.2. The maximum absolute atomic E-state index is 8.98. The number of aliphatic hydroxyl groups is 2. The van der Waals surface area contributed by atoms with Crippen LogP contribution in [0.25, 0.3) is 0 Å². The Morgan fingerprint density at radius 1 is 1.44 bits per heavy atom. The molecule has 0 aromatic rings. The highest BCUT2D eigenvalue weighted by Crippen LogP contribution is 1.97.